The van der Waals surface area contributed by atoms with Gasteiger partial charge in [0.2, 0.25) is 0 Å². The molecular formula is C27H32ClN3OS. The molecule has 2 aliphatic carbocycles. The summed E-state index contributed by atoms with van der Waals surface area (Å²) >= 11 is 7.95. The Morgan fingerprint density at radius 2 is 1.76 bits per heavy atom. The van der Waals surface area contributed by atoms with Crippen LogP contribution >= 0.6 is 23.4 Å². The quantitative estimate of drug-likeness (QED) is 0.427. The normalized spacial score (nSPS) is 23.2. The maximum absolute atomic E-state index is 13.7. The Labute approximate surface area is 206 Å². The molecule has 5 rings (SSSR count). The number of carbonyl (C=O) groups excluding carboxylic acids is 1. The highest BCUT2D eigenvalue weighted by Gasteiger charge is 2.39. The molecule has 3 aliphatic rings. The Bertz CT molecular complexity index is 1080. The fourth-order valence-corrected chi connectivity index (χ4v) is 6.49. The molecule has 0 unspecified atom stereocenters. The highest BCUT2D eigenvalue weighted by molar-refractivity contribution is 8.18. The molecule has 1 aliphatic heterocycles. The van der Waals surface area contributed by atoms with E-state index >= 15 is 0 Å². The number of halogens is 1. The van der Waals surface area contributed by atoms with Crippen molar-refractivity contribution < 1.29 is 4.79 Å². The van der Waals surface area contributed by atoms with Crippen LogP contribution in [-0.4, -0.2) is 32.6 Å². The molecule has 174 valence electrons. The number of thioether (sulfide) groups is 1. The van der Waals surface area contributed by atoms with Crippen molar-refractivity contribution in [2.24, 2.45) is 4.99 Å². The van der Waals surface area contributed by atoms with Gasteiger partial charge in [0.15, 0.2) is 5.17 Å². The first-order valence-electron chi connectivity index (χ1n) is 12.3. The molecule has 4 nitrogen and oxygen atoms in total. The van der Waals surface area contributed by atoms with Crippen LogP contribution in [0.4, 0.5) is 0 Å². The number of hydrogen-bond donors (Lipinski definition) is 0. The molecule has 0 radical (unpaired) electrons. The first-order valence-corrected chi connectivity index (χ1v) is 13.5. The summed E-state index contributed by atoms with van der Waals surface area (Å²) in [6.45, 7) is 2.01. The number of amidine groups is 1. The fraction of sp³-hybridized carbons (Fsp3) is 0.481. The second-order valence-electron chi connectivity index (χ2n) is 9.52. The van der Waals surface area contributed by atoms with Crippen LogP contribution in [0.5, 0.6) is 0 Å². The standard InChI is InChI=1S/C27H32ClN3OS/c1-19-14-15-23(17-24(19)28)30-16-8-13-22(30)18-25-26(32)31(21-11-6-3-7-12-21)27(33-25)29-20-9-4-2-5-10-20/h8,13-18,20-21H,2-7,9-12H2,1H3/b25-18-,29-27?. The monoisotopic (exact) mass is 481 g/mol. The predicted octanol–water partition coefficient (Wildman–Crippen LogP) is 7.38. The molecule has 2 heterocycles. The number of aromatic nitrogens is 1. The van der Waals surface area contributed by atoms with Gasteiger partial charge in [-0.05, 0) is 80.3 Å². The number of benzene rings is 1. The number of rotatable bonds is 4. The molecule has 0 bridgehead atoms. The van der Waals surface area contributed by atoms with E-state index in [0.29, 0.717) is 6.04 Å². The molecule has 1 aromatic carbocycles. The predicted molar refractivity (Wildman–Crippen MR) is 139 cm³/mol. The lowest BCUT2D eigenvalue weighted by atomic mass is 9.94. The van der Waals surface area contributed by atoms with Gasteiger partial charge in [-0.15, -0.1) is 0 Å². The SMILES string of the molecule is Cc1ccc(-n2cccc2/C=C2\SC(=NC3CCCCC3)N(C3CCCCC3)C2=O)cc1Cl. The maximum Gasteiger partial charge on any atom is 0.267 e. The van der Waals surface area contributed by atoms with E-state index in [4.69, 9.17) is 16.6 Å². The number of aliphatic imine (C=N–C) groups is 1. The van der Waals surface area contributed by atoms with Gasteiger partial charge in [0.1, 0.15) is 0 Å². The molecule has 6 heteroatoms. The van der Waals surface area contributed by atoms with Crippen molar-refractivity contribution in [2.75, 3.05) is 0 Å². The van der Waals surface area contributed by atoms with Crippen molar-refractivity contribution in [3.8, 4) is 5.69 Å². The third-order valence-electron chi connectivity index (χ3n) is 7.14. The molecule has 0 atom stereocenters. The van der Waals surface area contributed by atoms with Gasteiger partial charge in [-0.2, -0.15) is 0 Å². The van der Waals surface area contributed by atoms with Crippen LogP contribution in [0, 0.1) is 6.92 Å². The molecule has 1 aromatic heterocycles. The molecule has 1 saturated heterocycles. The number of carbonyl (C=O) groups is 1. The number of aryl methyl sites for hydroxylation is 1. The highest BCUT2D eigenvalue weighted by atomic mass is 35.5. The van der Waals surface area contributed by atoms with Crippen LogP contribution in [0.3, 0.4) is 0 Å². The van der Waals surface area contributed by atoms with Crippen LogP contribution in [0.15, 0.2) is 46.4 Å². The smallest absolute Gasteiger partial charge is 0.267 e. The lowest BCUT2D eigenvalue weighted by Gasteiger charge is -2.31. The van der Waals surface area contributed by atoms with Crippen molar-refractivity contribution in [2.45, 2.75) is 83.2 Å². The van der Waals surface area contributed by atoms with Crippen molar-refractivity contribution >= 4 is 40.5 Å². The van der Waals surface area contributed by atoms with Crippen LogP contribution in [0.2, 0.25) is 5.02 Å². The van der Waals surface area contributed by atoms with E-state index in [1.54, 1.807) is 11.8 Å². The van der Waals surface area contributed by atoms with E-state index in [9.17, 15) is 4.79 Å². The van der Waals surface area contributed by atoms with E-state index in [1.165, 1.54) is 38.5 Å². The summed E-state index contributed by atoms with van der Waals surface area (Å²) in [6, 6.07) is 10.8. The third-order valence-corrected chi connectivity index (χ3v) is 8.54. The van der Waals surface area contributed by atoms with Crippen LogP contribution in [-0.2, 0) is 4.79 Å². The van der Waals surface area contributed by atoms with Crippen LogP contribution in [0.25, 0.3) is 11.8 Å². The summed E-state index contributed by atoms with van der Waals surface area (Å²) in [5.74, 6) is 0.121. The number of hydrogen-bond acceptors (Lipinski definition) is 3. The minimum atomic E-state index is 0.121. The van der Waals surface area contributed by atoms with Gasteiger partial charge in [-0.3, -0.25) is 14.7 Å². The van der Waals surface area contributed by atoms with E-state index < -0.39 is 0 Å². The number of amides is 1. The lowest BCUT2D eigenvalue weighted by Crippen LogP contribution is -2.41. The average Bonchev–Trinajstić information content (AvgIpc) is 3.41. The summed E-state index contributed by atoms with van der Waals surface area (Å²) in [6.07, 6.45) is 16.0. The van der Waals surface area contributed by atoms with Gasteiger partial charge >= 0.3 is 0 Å². The topological polar surface area (TPSA) is 37.6 Å². The molecule has 0 spiro atoms. The van der Waals surface area contributed by atoms with Crippen molar-refractivity contribution in [1.29, 1.82) is 0 Å². The Kier molecular flexibility index (Phi) is 6.98. The van der Waals surface area contributed by atoms with Gasteiger partial charge < -0.3 is 4.57 Å². The highest BCUT2D eigenvalue weighted by Crippen LogP contribution is 2.38. The number of nitrogens with zero attached hydrogens (tertiary/aromatic N) is 3. The minimum Gasteiger partial charge on any atom is -0.317 e. The van der Waals surface area contributed by atoms with Gasteiger partial charge in [0.05, 0.1) is 10.9 Å². The zero-order valence-corrected chi connectivity index (χ0v) is 20.9. The second-order valence-corrected chi connectivity index (χ2v) is 10.9. The van der Waals surface area contributed by atoms with E-state index in [1.807, 2.05) is 42.3 Å². The van der Waals surface area contributed by atoms with Crippen LogP contribution < -0.4 is 0 Å². The molecular weight excluding hydrogens is 450 g/mol. The van der Waals surface area contributed by atoms with E-state index in [2.05, 4.69) is 16.7 Å². The maximum atomic E-state index is 13.7. The molecule has 33 heavy (non-hydrogen) atoms. The second kappa shape index (κ2) is 10.1. The summed E-state index contributed by atoms with van der Waals surface area (Å²) in [7, 11) is 0. The molecule has 3 fully saturated rings. The van der Waals surface area contributed by atoms with Crippen molar-refractivity contribution in [1.82, 2.24) is 9.47 Å². The Morgan fingerprint density at radius 1 is 1.03 bits per heavy atom. The zero-order valence-electron chi connectivity index (χ0n) is 19.3. The molecule has 0 N–H and O–H groups in total. The van der Waals surface area contributed by atoms with Gasteiger partial charge in [0, 0.05) is 28.6 Å². The minimum absolute atomic E-state index is 0.121. The first-order chi connectivity index (χ1) is 16.1. The summed E-state index contributed by atoms with van der Waals surface area (Å²) < 4.78 is 2.09. The third kappa shape index (κ3) is 4.95. The summed E-state index contributed by atoms with van der Waals surface area (Å²) in [5, 5.41) is 1.68. The first kappa shape index (κ1) is 22.8. The molecule has 2 saturated carbocycles. The zero-order chi connectivity index (χ0) is 22.8. The Morgan fingerprint density at radius 3 is 2.48 bits per heavy atom. The van der Waals surface area contributed by atoms with E-state index in [-0.39, 0.29) is 11.9 Å². The Hall–Kier alpha value is -1.98. The van der Waals surface area contributed by atoms with Crippen molar-refractivity contribution in [3.05, 3.63) is 57.7 Å². The van der Waals surface area contributed by atoms with Gasteiger partial charge in [-0.1, -0.05) is 56.2 Å². The van der Waals surface area contributed by atoms with Crippen LogP contribution in [0.1, 0.15) is 75.5 Å². The van der Waals surface area contributed by atoms with E-state index in [0.717, 1.165) is 57.7 Å². The molecule has 1 amide bonds. The van der Waals surface area contributed by atoms with Gasteiger partial charge in [0.25, 0.3) is 5.91 Å². The summed E-state index contributed by atoms with van der Waals surface area (Å²) in [4.78, 5) is 21.6. The fourth-order valence-electron chi connectivity index (χ4n) is 5.22. The molecule has 2 aromatic rings. The lowest BCUT2D eigenvalue weighted by molar-refractivity contribution is -0.124. The van der Waals surface area contributed by atoms with Gasteiger partial charge in [-0.25, -0.2) is 0 Å². The summed E-state index contributed by atoms with van der Waals surface area (Å²) in [5.41, 5.74) is 3.03. The van der Waals surface area contributed by atoms with Crippen molar-refractivity contribution in [3.63, 3.8) is 0 Å². The average molecular weight is 482 g/mol. The Balaban J connectivity index is 1.47. The largest absolute Gasteiger partial charge is 0.317 e.